The maximum absolute atomic E-state index is 13.5. The smallest absolute Gasteiger partial charge is 0.153 e. The number of nitrogens with zero attached hydrogens (tertiary/aromatic N) is 3. The Bertz CT molecular complexity index is 1810. The highest BCUT2D eigenvalue weighted by atomic mass is 35.5. The second-order valence-electron chi connectivity index (χ2n) is 9.86. The molecular weight excluding hydrogens is 597 g/mol. The number of rotatable bonds is 12. The number of aromatic nitrogens is 3. The van der Waals surface area contributed by atoms with Crippen molar-refractivity contribution in [3.05, 3.63) is 93.8 Å². The van der Waals surface area contributed by atoms with Crippen LogP contribution in [0, 0.1) is 5.82 Å². The second-order valence-corrected chi connectivity index (χ2v) is 13.9. The molecule has 8 nitrogen and oxygen atoms in total. The molecule has 0 saturated heterocycles. The summed E-state index contributed by atoms with van der Waals surface area (Å²) in [5.74, 6) is 0.868. The van der Waals surface area contributed by atoms with Crippen molar-refractivity contribution in [3.8, 4) is 17.0 Å². The molecule has 0 aliphatic rings. The van der Waals surface area contributed by atoms with E-state index in [0.717, 1.165) is 27.2 Å². The van der Waals surface area contributed by atoms with Crippen molar-refractivity contribution in [1.82, 2.24) is 20.3 Å². The molecule has 0 atom stereocenters. The summed E-state index contributed by atoms with van der Waals surface area (Å²) in [7, 11) is -3.08. The van der Waals surface area contributed by atoms with Crippen LogP contribution in [0.1, 0.15) is 24.4 Å². The van der Waals surface area contributed by atoms with E-state index in [1.807, 2.05) is 29.6 Å². The summed E-state index contributed by atoms with van der Waals surface area (Å²) < 4.78 is 43.3. The summed E-state index contributed by atoms with van der Waals surface area (Å²) in [5, 5.41) is 10.2. The van der Waals surface area contributed by atoms with Crippen LogP contribution < -0.4 is 15.4 Å². The van der Waals surface area contributed by atoms with Crippen LogP contribution in [0.15, 0.2) is 72.4 Å². The van der Waals surface area contributed by atoms with Crippen LogP contribution in [0.25, 0.3) is 22.2 Å². The SMILES string of the molecule is CC(C)S(=O)(=O)CCNCc1nc(-c2ccc3ncnc(Nc4ccc(OCc5cccc(F)c5)c(Cl)c4)c3c2)cs1. The van der Waals surface area contributed by atoms with Crippen molar-refractivity contribution in [2.75, 3.05) is 17.6 Å². The van der Waals surface area contributed by atoms with Gasteiger partial charge in [-0.3, -0.25) is 0 Å². The standard InChI is InChI=1S/C30H29ClFN5O3S2/c1-19(2)42(38,39)11-10-33-15-29-37-27(17-41-29)21-6-8-26-24(13-21)30(35-18-34-26)36-23-7-9-28(25(31)14-23)40-16-20-4-3-5-22(32)12-20/h3-9,12-14,17-19,33H,10-11,15-16H2,1-2H3,(H,34,35,36). The lowest BCUT2D eigenvalue weighted by Gasteiger charge is -2.12. The zero-order valence-electron chi connectivity index (χ0n) is 23.0. The number of halogens is 2. The summed E-state index contributed by atoms with van der Waals surface area (Å²) in [5.41, 5.74) is 3.90. The Morgan fingerprint density at radius 2 is 1.93 bits per heavy atom. The number of ether oxygens (including phenoxy) is 1. The molecule has 0 aliphatic heterocycles. The predicted octanol–water partition coefficient (Wildman–Crippen LogP) is 6.78. The molecule has 0 aliphatic carbocycles. The highest BCUT2D eigenvalue weighted by molar-refractivity contribution is 7.92. The van der Waals surface area contributed by atoms with Gasteiger partial charge in [-0.15, -0.1) is 11.3 Å². The zero-order chi connectivity index (χ0) is 29.7. The Morgan fingerprint density at radius 1 is 1.07 bits per heavy atom. The molecule has 0 unspecified atom stereocenters. The van der Waals surface area contributed by atoms with Gasteiger partial charge in [0.05, 0.1) is 27.2 Å². The number of hydrogen-bond donors (Lipinski definition) is 2. The molecule has 5 rings (SSSR count). The highest BCUT2D eigenvalue weighted by Crippen LogP contribution is 2.32. The van der Waals surface area contributed by atoms with Crippen molar-refractivity contribution in [2.24, 2.45) is 0 Å². The topological polar surface area (TPSA) is 106 Å². The van der Waals surface area contributed by atoms with E-state index in [4.69, 9.17) is 21.3 Å². The first-order valence-corrected chi connectivity index (χ1v) is 16.2. The van der Waals surface area contributed by atoms with Gasteiger partial charge in [0.25, 0.3) is 0 Å². The molecule has 0 amide bonds. The normalized spacial score (nSPS) is 11.7. The minimum Gasteiger partial charge on any atom is -0.487 e. The van der Waals surface area contributed by atoms with Gasteiger partial charge in [0.15, 0.2) is 9.84 Å². The molecule has 0 bridgehead atoms. The maximum Gasteiger partial charge on any atom is 0.153 e. The Hall–Kier alpha value is -3.64. The predicted molar refractivity (Wildman–Crippen MR) is 167 cm³/mol. The lowest BCUT2D eigenvalue weighted by molar-refractivity contribution is 0.306. The van der Waals surface area contributed by atoms with E-state index >= 15 is 0 Å². The van der Waals surface area contributed by atoms with Gasteiger partial charge in [-0.2, -0.15) is 0 Å². The minimum absolute atomic E-state index is 0.0965. The number of thiazole rings is 1. The molecule has 42 heavy (non-hydrogen) atoms. The average molecular weight is 626 g/mol. The van der Waals surface area contributed by atoms with Crippen LogP contribution in [0.5, 0.6) is 5.75 Å². The van der Waals surface area contributed by atoms with E-state index < -0.39 is 9.84 Å². The largest absolute Gasteiger partial charge is 0.487 e. The molecule has 0 saturated carbocycles. The van der Waals surface area contributed by atoms with Crippen molar-refractivity contribution < 1.29 is 17.5 Å². The average Bonchev–Trinajstić information content (AvgIpc) is 3.44. The molecule has 218 valence electrons. The molecule has 0 fully saturated rings. The Balaban J connectivity index is 1.27. The van der Waals surface area contributed by atoms with Gasteiger partial charge in [-0.1, -0.05) is 29.8 Å². The number of anilines is 2. The van der Waals surface area contributed by atoms with Gasteiger partial charge in [-0.25, -0.2) is 27.8 Å². The van der Waals surface area contributed by atoms with Gasteiger partial charge in [-0.05, 0) is 61.9 Å². The van der Waals surface area contributed by atoms with E-state index in [2.05, 4.69) is 20.6 Å². The van der Waals surface area contributed by atoms with Crippen molar-refractivity contribution >= 4 is 55.2 Å². The van der Waals surface area contributed by atoms with E-state index in [1.54, 1.807) is 38.1 Å². The van der Waals surface area contributed by atoms with Gasteiger partial charge in [0, 0.05) is 35.1 Å². The molecule has 12 heteroatoms. The third-order valence-corrected chi connectivity index (χ3v) is 9.87. The van der Waals surface area contributed by atoms with Crippen molar-refractivity contribution in [3.63, 3.8) is 0 Å². The van der Waals surface area contributed by atoms with Crippen LogP contribution in [0.4, 0.5) is 15.9 Å². The summed E-state index contributed by atoms with van der Waals surface area (Å²) in [6.07, 6.45) is 1.49. The number of sulfone groups is 1. The summed E-state index contributed by atoms with van der Waals surface area (Å²) >= 11 is 8.00. The van der Waals surface area contributed by atoms with Crippen LogP contribution in [0.3, 0.4) is 0 Å². The molecule has 0 radical (unpaired) electrons. The molecule has 2 N–H and O–H groups in total. The Kier molecular flexibility index (Phi) is 9.32. The summed E-state index contributed by atoms with van der Waals surface area (Å²) in [6.45, 7) is 4.44. The minimum atomic E-state index is -3.08. The third kappa shape index (κ3) is 7.40. The fourth-order valence-corrected chi connectivity index (χ4v) is 6.01. The Morgan fingerprint density at radius 3 is 2.71 bits per heavy atom. The number of fused-ring (bicyclic) bond motifs is 1. The van der Waals surface area contributed by atoms with E-state index in [-0.39, 0.29) is 23.4 Å². The van der Waals surface area contributed by atoms with Gasteiger partial charge in [0.2, 0.25) is 0 Å². The van der Waals surface area contributed by atoms with E-state index in [1.165, 1.54) is 29.8 Å². The van der Waals surface area contributed by atoms with Crippen LogP contribution in [-0.4, -0.2) is 40.9 Å². The van der Waals surface area contributed by atoms with E-state index in [9.17, 15) is 12.8 Å². The molecule has 2 aromatic heterocycles. The highest BCUT2D eigenvalue weighted by Gasteiger charge is 2.15. The summed E-state index contributed by atoms with van der Waals surface area (Å²) in [4.78, 5) is 13.6. The fraction of sp³-hybridized carbons (Fsp3) is 0.233. The van der Waals surface area contributed by atoms with Crippen LogP contribution in [-0.2, 0) is 23.0 Å². The summed E-state index contributed by atoms with van der Waals surface area (Å²) in [6, 6.07) is 17.4. The third-order valence-electron chi connectivity index (χ3n) is 6.52. The Labute approximate surface area is 252 Å². The fourth-order valence-electron chi connectivity index (χ4n) is 4.11. The van der Waals surface area contributed by atoms with Crippen LogP contribution >= 0.6 is 22.9 Å². The molecule has 5 aromatic rings. The van der Waals surface area contributed by atoms with Crippen molar-refractivity contribution in [2.45, 2.75) is 32.2 Å². The van der Waals surface area contributed by atoms with Gasteiger partial charge in [0.1, 0.15) is 35.3 Å². The molecule has 3 aromatic carbocycles. The first kappa shape index (κ1) is 29.8. The molecule has 2 heterocycles. The quantitative estimate of drug-likeness (QED) is 0.146. The second kappa shape index (κ2) is 13.1. The number of nitrogens with one attached hydrogen (secondary N) is 2. The lowest BCUT2D eigenvalue weighted by Crippen LogP contribution is -2.26. The van der Waals surface area contributed by atoms with Gasteiger partial charge >= 0.3 is 0 Å². The number of hydrogen-bond acceptors (Lipinski definition) is 9. The van der Waals surface area contributed by atoms with Crippen molar-refractivity contribution in [1.29, 1.82) is 0 Å². The van der Waals surface area contributed by atoms with Gasteiger partial charge < -0.3 is 15.4 Å². The monoisotopic (exact) mass is 625 g/mol. The first-order valence-electron chi connectivity index (χ1n) is 13.2. The molecular formula is C30H29ClFN5O3S2. The maximum atomic E-state index is 13.5. The zero-order valence-corrected chi connectivity index (χ0v) is 25.4. The first-order chi connectivity index (χ1) is 20.2. The lowest BCUT2D eigenvalue weighted by atomic mass is 10.1. The molecule has 0 spiro atoms. The van der Waals surface area contributed by atoms with Crippen LogP contribution in [0.2, 0.25) is 5.02 Å². The van der Waals surface area contributed by atoms with E-state index in [0.29, 0.717) is 40.9 Å². The number of benzene rings is 3.